The molecule has 0 radical (unpaired) electrons. The van der Waals surface area contributed by atoms with E-state index >= 15 is 0 Å². The van der Waals surface area contributed by atoms with Crippen molar-refractivity contribution in [1.29, 1.82) is 0 Å². The van der Waals surface area contributed by atoms with Crippen LogP contribution in [0.15, 0.2) is 30.3 Å². The standard InChI is InChI=1S/C15H8I2S2/c1-7-2-3-9-11(4-7)18-15-13-10(17)5-8(16)6-12(13)19-14(9)15/h2-6H,1H3. The van der Waals surface area contributed by atoms with Gasteiger partial charge >= 0.3 is 0 Å². The number of benzene rings is 2. The van der Waals surface area contributed by atoms with Gasteiger partial charge in [-0.15, -0.1) is 22.7 Å². The lowest BCUT2D eigenvalue weighted by Gasteiger charge is -1.96. The Hall–Kier alpha value is 0.0800. The molecule has 0 N–H and O–H groups in total. The minimum atomic E-state index is 1.32. The molecule has 0 aliphatic rings. The molecule has 2 aromatic carbocycles. The van der Waals surface area contributed by atoms with Gasteiger partial charge in [0, 0.05) is 27.3 Å². The van der Waals surface area contributed by atoms with E-state index in [-0.39, 0.29) is 0 Å². The third kappa shape index (κ3) is 1.94. The van der Waals surface area contributed by atoms with Gasteiger partial charge < -0.3 is 0 Å². The van der Waals surface area contributed by atoms with E-state index in [1.54, 1.807) is 0 Å². The zero-order valence-electron chi connectivity index (χ0n) is 9.96. The highest BCUT2D eigenvalue weighted by molar-refractivity contribution is 14.1. The fraction of sp³-hybridized carbons (Fsp3) is 0.0667. The third-order valence-electron chi connectivity index (χ3n) is 3.26. The predicted octanol–water partition coefficient (Wildman–Crippen LogP) is 6.79. The summed E-state index contributed by atoms with van der Waals surface area (Å²) in [5.74, 6) is 0. The number of hydrogen-bond donors (Lipinski definition) is 0. The lowest BCUT2D eigenvalue weighted by molar-refractivity contribution is 1.52. The minimum Gasteiger partial charge on any atom is -0.134 e. The maximum Gasteiger partial charge on any atom is 0.0552 e. The molecule has 0 nitrogen and oxygen atoms in total. The molecule has 0 unspecified atom stereocenters. The van der Waals surface area contributed by atoms with Crippen LogP contribution in [-0.4, -0.2) is 0 Å². The van der Waals surface area contributed by atoms with Gasteiger partial charge in [-0.25, -0.2) is 0 Å². The molecule has 0 saturated carbocycles. The first-order valence-electron chi connectivity index (χ1n) is 5.84. The second-order valence-corrected chi connectivity index (χ2v) is 9.13. The zero-order chi connectivity index (χ0) is 13.1. The molecule has 0 saturated heterocycles. The van der Waals surface area contributed by atoms with Crippen molar-refractivity contribution in [1.82, 2.24) is 0 Å². The van der Waals surface area contributed by atoms with Crippen molar-refractivity contribution in [3.05, 3.63) is 43.0 Å². The maximum absolute atomic E-state index is 2.47. The molecule has 4 aromatic rings. The van der Waals surface area contributed by atoms with Gasteiger partial charge in [-0.3, -0.25) is 0 Å². The Morgan fingerprint density at radius 1 is 0.895 bits per heavy atom. The second kappa shape index (κ2) is 4.54. The average molecular weight is 506 g/mol. The molecule has 2 heterocycles. The summed E-state index contributed by atoms with van der Waals surface area (Å²) in [6.07, 6.45) is 0. The number of fused-ring (bicyclic) bond motifs is 5. The van der Waals surface area contributed by atoms with Crippen LogP contribution in [0.3, 0.4) is 0 Å². The van der Waals surface area contributed by atoms with E-state index in [1.165, 1.54) is 42.3 Å². The van der Waals surface area contributed by atoms with Crippen molar-refractivity contribution in [2.45, 2.75) is 6.92 Å². The highest BCUT2D eigenvalue weighted by Gasteiger charge is 2.14. The number of aryl methyl sites for hydroxylation is 1. The van der Waals surface area contributed by atoms with Crippen LogP contribution in [0.4, 0.5) is 0 Å². The summed E-state index contributed by atoms with van der Waals surface area (Å²) in [6, 6.07) is 11.4. The summed E-state index contributed by atoms with van der Waals surface area (Å²) in [7, 11) is 0. The molecule has 0 atom stereocenters. The molecule has 0 fully saturated rings. The van der Waals surface area contributed by atoms with E-state index in [2.05, 4.69) is 82.4 Å². The van der Waals surface area contributed by atoms with Gasteiger partial charge in [0.1, 0.15) is 0 Å². The number of thiophene rings is 2. The van der Waals surface area contributed by atoms with Gasteiger partial charge in [0.2, 0.25) is 0 Å². The van der Waals surface area contributed by atoms with E-state index in [0.717, 1.165) is 0 Å². The Kier molecular flexibility index (Phi) is 3.06. The first-order chi connectivity index (χ1) is 9.13. The molecule has 0 aliphatic carbocycles. The first kappa shape index (κ1) is 12.8. The number of hydrogen-bond acceptors (Lipinski definition) is 2. The summed E-state index contributed by atoms with van der Waals surface area (Å²) >= 11 is 8.74. The van der Waals surface area contributed by atoms with Crippen LogP contribution in [0.1, 0.15) is 5.56 Å². The molecule has 4 heteroatoms. The molecular weight excluding hydrogens is 498 g/mol. The molecule has 0 amide bonds. The van der Waals surface area contributed by atoms with Crippen LogP contribution in [0.5, 0.6) is 0 Å². The van der Waals surface area contributed by atoms with Gasteiger partial charge in [0.05, 0.1) is 9.40 Å². The molecule has 4 rings (SSSR count). The van der Waals surface area contributed by atoms with E-state index in [0.29, 0.717) is 0 Å². The highest BCUT2D eigenvalue weighted by Crippen LogP contribution is 2.46. The van der Waals surface area contributed by atoms with E-state index in [9.17, 15) is 0 Å². The smallest absolute Gasteiger partial charge is 0.0552 e. The second-order valence-electron chi connectivity index (χ2n) is 4.62. The van der Waals surface area contributed by atoms with E-state index in [1.807, 2.05) is 22.7 Å². The molecule has 94 valence electrons. The van der Waals surface area contributed by atoms with Crippen molar-refractivity contribution >= 4 is 97.4 Å². The molecule has 19 heavy (non-hydrogen) atoms. The average Bonchev–Trinajstić information content (AvgIpc) is 2.82. The van der Waals surface area contributed by atoms with Crippen molar-refractivity contribution in [3.63, 3.8) is 0 Å². The zero-order valence-corrected chi connectivity index (χ0v) is 15.9. The van der Waals surface area contributed by atoms with Crippen LogP contribution < -0.4 is 0 Å². The fourth-order valence-electron chi connectivity index (χ4n) is 2.41. The van der Waals surface area contributed by atoms with Crippen LogP contribution in [0.2, 0.25) is 0 Å². The molecular formula is C15H8I2S2. The van der Waals surface area contributed by atoms with Gasteiger partial charge in [-0.2, -0.15) is 0 Å². The Morgan fingerprint density at radius 2 is 1.68 bits per heavy atom. The van der Waals surface area contributed by atoms with Crippen LogP contribution in [0.25, 0.3) is 29.6 Å². The quantitative estimate of drug-likeness (QED) is 0.231. The van der Waals surface area contributed by atoms with Gasteiger partial charge in [0.15, 0.2) is 0 Å². The monoisotopic (exact) mass is 506 g/mol. The largest absolute Gasteiger partial charge is 0.134 e. The number of rotatable bonds is 0. The summed E-state index contributed by atoms with van der Waals surface area (Å²) < 4.78 is 8.44. The van der Waals surface area contributed by atoms with Crippen LogP contribution >= 0.6 is 67.9 Å². The molecule has 0 aliphatic heterocycles. The van der Waals surface area contributed by atoms with Gasteiger partial charge in [-0.1, -0.05) is 12.1 Å². The lowest BCUT2D eigenvalue weighted by Crippen LogP contribution is -1.75. The third-order valence-corrected chi connectivity index (χ3v) is 7.20. The minimum absolute atomic E-state index is 1.32. The van der Waals surface area contributed by atoms with Crippen molar-refractivity contribution in [2.24, 2.45) is 0 Å². The molecule has 2 aromatic heterocycles. The Morgan fingerprint density at radius 3 is 2.53 bits per heavy atom. The summed E-state index contributed by atoms with van der Waals surface area (Å²) in [5.41, 5.74) is 1.34. The van der Waals surface area contributed by atoms with E-state index < -0.39 is 0 Å². The Labute approximate surface area is 146 Å². The molecule has 0 spiro atoms. The summed E-state index contributed by atoms with van der Waals surface area (Å²) in [6.45, 7) is 2.16. The normalized spacial score (nSPS) is 11.9. The van der Waals surface area contributed by atoms with Crippen LogP contribution in [0, 0.1) is 14.1 Å². The Bertz CT molecular complexity index is 947. The van der Waals surface area contributed by atoms with Crippen molar-refractivity contribution in [3.8, 4) is 0 Å². The predicted molar refractivity (Wildman–Crippen MR) is 105 cm³/mol. The first-order valence-corrected chi connectivity index (χ1v) is 9.63. The summed E-state index contributed by atoms with van der Waals surface area (Å²) in [5, 5.41) is 2.86. The van der Waals surface area contributed by atoms with Crippen molar-refractivity contribution in [2.75, 3.05) is 0 Å². The van der Waals surface area contributed by atoms with Gasteiger partial charge in [0.25, 0.3) is 0 Å². The highest BCUT2D eigenvalue weighted by atomic mass is 127. The van der Waals surface area contributed by atoms with Crippen LogP contribution in [-0.2, 0) is 0 Å². The van der Waals surface area contributed by atoms with Crippen molar-refractivity contribution < 1.29 is 0 Å². The Balaban J connectivity index is 2.26. The lowest BCUT2D eigenvalue weighted by atomic mass is 10.2. The maximum atomic E-state index is 2.47. The summed E-state index contributed by atoms with van der Waals surface area (Å²) in [4.78, 5) is 0. The number of halogens is 2. The molecule has 0 bridgehead atoms. The fourth-order valence-corrected chi connectivity index (χ4v) is 7.95. The SMILES string of the molecule is Cc1ccc2c(c1)sc1c2sc2cc(I)cc(I)c21. The van der Waals surface area contributed by atoms with Gasteiger partial charge in [-0.05, 0) is 75.9 Å². The van der Waals surface area contributed by atoms with E-state index in [4.69, 9.17) is 0 Å². The topological polar surface area (TPSA) is 0 Å².